The second-order valence-electron chi connectivity index (χ2n) is 2.67. The lowest BCUT2D eigenvalue weighted by Crippen LogP contribution is -2.27. The number of carbonyl (C=O) groups is 1. The predicted molar refractivity (Wildman–Crippen MR) is 48.0 cm³/mol. The number of hydrogen-bond donors (Lipinski definition) is 1. The monoisotopic (exact) mass is 176 g/mol. The van der Waals surface area contributed by atoms with Crippen LogP contribution in [0.3, 0.4) is 0 Å². The first-order chi connectivity index (χ1) is 6.29. The molecular weight excluding hydrogens is 168 g/mol. The highest BCUT2D eigenvalue weighted by Gasteiger charge is 2.28. The van der Waals surface area contributed by atoms with Crippen molar-refractivity contribution in [1.29, 1.82) is 5.41 Å². The minimum absolute atomic E-state index is 0.0632. The number of nitrogens with one attached hydrogen (secondary N) is 1. The molecule has 0 saturated carbocycles. The van der Waals surface area contributed by atoms with Crippen LogP contribution in [0.2, 0.25) is 0 Å². The van der Waals surface area contributed by atoms with Crippen molar-refractivity contribution in [3.8, 4) is 0 Å². The summed E-state index contributed by atoms with van der Waals surface area (Å²) in [4.78, 5) is 12.4. The summed E-state index contributed by atoms with van der Waals surface area (Å²) in [7, 11) is 0. The fourth-order valence-electron chi connectivity index (χ4n) is 1.21. The minimum Gasteiger partial charge on any atom is -0.441 e. The highest BCUT2D eigenvalue weighted by molar-refractivity contribution is 6.17. The summed E-state index contributed by atoms with van der Waals surface area (Å²) in [6, 6.07) is 9.01. The zero-order valence-corrected chi connectivity index (χ0v) is 6.86. The number of carbonyl (C=O) groups excluding carboxylic acids is 1. The van der Waals surface area contributed by atoms with E-state index in [1.54, 1.807) is 12.1 Å². The van der Waals surface area contributed by atoms with Crippen molar-refractivity contribution >= 4 is 17.6 Å². The van der Waals surface area contributed by atoms with Gasteiger partial charge in [-0.2, -0.15) is 0 Å². The molecule has 1 heterocycles. The zero-order chi connectivity index (χ0) is 9.26. The lowest BCUT2D eigenvalue weighted by molar-refractivity contribution is 0.183. The van der Waals surface area contributed by atoms with Crippen molar-refractivity contribution in [3.63, 3.8) is 0 Å². The summed E-state index contributed by atoms with van der Waals surface area (Å²) < 4.78 is 4.69. The van der Waals surface area contributed by atoms with Gasteiger partial charge in [0.1, 0.15) is 5.84 Å². The van der Waals surface area contributed by atoms with E-state index in [0.717, 1.165) is 0 Å². The maximum Gasteiger partial charge on any atom is 0.420 e. The molecule has 1 aliphatic rings. The van der Waals surface area contributed by atoms with E-state index in [1.807, 2.05) is 18.2 Å². The molecule has 1 fully saturated rings. The molecule has 0 spiro atoms. The molecule has 4 nitrogen and oxygen atoms in total. The first kappa shape index (κ1) is 7.79. The van der Waals surface area contributed by atoms with E-state index in [1.165, 1.54) is 4.90 Å². The van der Waals surface area contributed by atoms with Gasteiger partial charge in [0.2, 0.25) is 0 Å². The minimum atomic E-state index is -0.476. The van der Waals surface area contributed by atoms with E-state index >= 15 is 0 Å². The Labute approximate surface area is 75.2 Å². The topological polar surface area (TPSA) is 53.4 Å². The van der Waals surface area contributed by atoms with Crippen molar-refractivity contribution in [2.24, 2.45) is 0 Å². The summed E-state index contributed by atoms with van der Waals surface area (Å²) in [5.41, 5.74) is 0.676. The third kappa shape index (κ3) is 1.26. The molecule has 1 amide bonds. The molecular formula is C9H8N2O2. The van der Waals surface area contributed by atoms with Crippen LogP contribution in [0.1, 0.15) is 0 Å². The number of benzene rings is 1. The van der Waals surface area contributed by atoms with E-state index in [0.29, 0.717) is 5.69 Å². The van der Waals surface area contributed by atoms with Crippen LogP contribution >= 0.6 is 0 Å². The van der Waals surface area contributed by atoms with Crippen molar-refractivity contribution in [1.82, 2.24) is 0 Å². The molecule has 1 N–H and O–H groups in total. The predicted octanol–water partition coefficient (Wildman–Crippen LogP) is 1.62. The Hall–Kier alpha value is -1.84. The molecule has 0 aromatic heterocycles. The third-order valence-electron chi connectivity index (χ3n) is 1.80. The quantitative estimate of drug-likeness (QED) is 0.706. The number of anilines is 1. The maximum absolute atomic E-state index is 11.1. The normalized spacial score (nSPS) is 16.2. The highest BCUT2D eigenvalue weighted by Crippen LogP contribution is 2.18. The van der Waals surface area contributed by atoms with Crippen LogP contribution in [-0.4, -0.2) is 18.5 Å². The standard InChI is InChI=1S/C9H8N2O2/c10-8-6-13-9(12)11(8)7-4-2-1-3-5-7/h1-5,10H,6H2. The van der Waals surface area contributed by atoms with Crippen LogP contribution in [0.25, 0.3) is 0 Å². The van der Waals surface area contributed by atoms with Crippen LogP contribution in [0.5, 0.6) is 0 Å². The van der Waals surface area contributed by atoms with Gasteiger partial charge in [-0.15, -0.1) is 0 Å². The number of cyclic esters (lactones) is 1. The Morgan fingerprint density at radius 1 is 1.31 bits per heavy atom. The second kappa shape index (κ2) is 2.90. The molecule has 0 aliphatic carbocycles. The van der Waals surface area contributed by atoms with Crippen molar-refractivity contribution < 1.29 is 9.53 Å². The van der Waals surface area contributed by atoms with E-state index in [2.05, 4.69) is 0 Å². The van der Waals surface area contributed by atoms with Crippen LogP contribution in [0.15, 0.2) is 30.3 Å². The summed E-state index contributed by atoms with van der Waals surface area (Å²) in [5, 5.41) is 7.45. The molecule has 66 valence electrons. The maximum atomic E-state index is 11.1. The van der Waals surface area contributed by atoms with Gasteiger partial charge in [-0.05, 0) is 12.1 Å². The third-order valence-corrected chi connectivity index (χ3v) is 1.80. The molecule has 1 aromatic rings. The molecule has 13 heavy (non-hydrogen) atoms. The Bertz CT molecular complexity index is 332. The van der Waals surface area contributed by atoms with Gasteiger partial charge >= 0.3 is 6.09 Å². The smallest absolute Gasteiger partial charge is 0.420 e. The van der Waals surface area contributed by atoms with Gasteiger partial charge in [0.15, 0.2) is 6.61 Å². The van der Waals surface area contributed by atoms with Gasteiger partial charge < -0.3 is 4.74 Å². The van der Waals surface area contributed by atoms with E-state index in [4.69, 9.17) is 10.1 Å². The zero-order valence-electron chi connectivity index (χ0n) is 6.86. The number of amides is 1. The number of nitrogens with zero attached hydrogens (tertiary/aromatic N) is 1. The first-order valence-electron chi connectivity index (χ1n) is 3.88. The molecule has 1 aromatic carbocycles. The Morgan fingerprint density at radius 3 is 2.54 bits per heavy atom. The molecule has 0 radical (unpaired) electrons. The van der Waals surface area contributed by atoms with Gasteiger partial charge in [0, 0.05) is 0 Å². The Balaban J connectivity index is 2.36. The van der Waals surface area contributed by atoms with Gasteiger partial charge in [-0.25, -0.2) is 9.69 Å². The highest BCUT2D eigenvalue weighted by atomic mass is 16.6. The van der Waals surface area contributed by atoms with E-state index in [9.17, 15) is 4.79 Å². The molecule has 2 rings (SSSR count). The van der Waals surface area contributed by atoms with E-state index < -0.39 is 6.09 Å². The van der Waals surface area contributed by atoms with Crippen LogP contribution in [0.4, 0.5) is 10.5 Å². The van der Waals surface area contributed by atoms with Crippen LogP contribution < -0.4 is 4.90 Å². The Kier molecular flexibility index (Phi) is 1.73. The summed E-state index contributed by atoms with van der Waals surface area (Å²) >= 11 is 0. The molecule has 0 atom stereocenters. The fourth-order valence-corrected chi connectivity index (χ4v) is 1.21. The van der Waals surface area contributed by atoms with Crippen LogP contribution in [0, 0.1) is 5.41 Å². The number of para-hydroxylation sites is 1. The number of ether oxygens (including phenoxy) is 1. The number of rotatable bonds is 1. The lowest BCUT2D eigenvalue weighted by Gasteiger charge is -2.11. The Morgan fingerprint density at radius 2 is 2.00 bits per heavy atom. The van der Waals surface area contributed by atoms with Crippen LogP contribution in [-0.2, 0) is 4.74 Å². The average molecular weight is 176 g/mol. The van der Waals surface area contributed by atoms with Gasteiger partial charge in [0.05, 0.1) is 5.69 Å². The lowest BCUT2D eigenvalue weighted by atomic mass is 10.3. The number of hydrogen-bond acceptors (Lipinski definition) is 3. The van der Waals surface area contributed by atoms with Gasteiger partial charge in [-0.1, -0.05) is 18.2 Å². The van der Waals surface area contributed by atoms with E-state index in [-0.39, 0.29) is 12.4 Å². The van der Waals surface area contributed by atoms with Crippen molar-refractivity contribution in [3.05, 3.63) is 30.3 Å². The molecule has 1 aliphatic heterocycles. The SMILES string of the molecule is N=C1COC(=O)N1c1ccccc1. The molecule has 0 bridgehead atoms. The average Bonchev–Trinajstić information content (AvgIpc) is 2.48. The van der Waals surface area contributed by atoms with Gasteiger partial charge in [-0.3, -0.25) is 5.41 Å². The summed E-state index contributed by atoms with van der Waals surface area (Å²) in [6.07, 6.45) is -0.476. The molecule has 4 heteroatoms. The second-order valence-corrected chi connectivity index (χ2v) is 2.67. The largest absolute Gasteiger partial charge is 0.441 e. The van der Waals surface area contributed by atoms with Crippen molar-refractivity contribution in [2.45, 2.75) is 0 Å². The summed E-state index contributed by atoms with van der Waals surface area (Å²) in [6.45, 7) is 0.0632. The summed E-state index contributed by atoms with van der Waals surface area (Å²) in [5.74, 6) is 0.177. The molecule has 0 unspecified atom stereocenters. The van der Waals surface area contributed by atoms with Gasteiger partial charge in [0.25, 0.3) is 0 Å². The fraction of sp³-hybridized carbons (Fsp3) is 0.111. The molecule has 1 saturated heterocycles. The number of amidine groups is 1. The van der Waals surface area contributed by atoms with Crippen molar-refractivity contribution in [2.75, 3.05) is 11.5 Å². The first-order valence-corrected chi connectivity index (χ1v) is 3.88.